The van der Waals surface area contributed by atoms with Crippen molar-refractivity contribution in [3.05, 3.63) is 63.6 Å². The predicted octanol–water partition coefficient (Wildman–Crippen LogP) is 4.28. The maximum atomic E-state index is 6.28. The normalized spacial score (nSPS) is 21.6. The molecule has 1 aliphatic rings. The highest BCUT2D eigenvalue weighted by Crippen LogP contribution is 2.40. The van der Waals surface area contributed by atoms with Crippen molar-refractivity contribution in [3.8, 4) is 5.75 Å². The molecule has 0 aromatic heterocycles. The molecule has 1 unspecified atom stereocenters. The SMILES string of the molecule is Cc1cccc(C2C[C@@H](N)c3cc(Br)ccc3O2)c1. The van der Waals surface area contributed by atoms with Crippen LogP contribution in [0.3, 0.4) is 0 Å². The molecule has 0 amide bonds. The molecule has 1 heterocycles. The number of halogens is 1. The van der Waals surface area contributed by atoms with Gasteiger partial charge in [-0.3, -0.25) is 0 Å². The van der Waals surface area contributed by atoms with Crippen LogP contribution >= 0.6 is 15.9 Å². The van der Waals surface area contributed by atoms with E-state index < -0.39 is 0 Å². The minimum absolute atomic E-state index is 0.0202. The highest BCUT2D eigenvalue weighted by Gasteiger charge is 2.27. The third-order valence-corrected chi connectivity index (χ3v) is 4.02. The first kappa shape index (κ1) is 12.7. The van der Waals surface area contributed by atoms with E-state index in [1.54, 1.807) is 0 Å². The fourth-order valence-corrected chi connectivity index (χ4v) is 2.93. The summed E-state index contributed by atoms with van der Waals surface area (Å²) in [6, 6.07) is 14.5. The molecule has 0 saturated heterocycles. The van der Waals surface area contributed by atoms with E-state index in [9.17, 15) is 0 Å². The van der Waals surface area contributed by atoms with Crippen LogP contribution in [-0.4, -0.2) is 0 Å². The standard InChI is InChI=1S/C16H16BrNO/c1-10-3-2-4-11(7-10)16-9-14(18)13-8-12(17)5-6-15(13)19-16/h2-8,14,16H,9,18H2,1H3/t14-,16?/m1/s1. The highest BCUT2D eigenvalue weighted by atomic mass is 79.9. The maximum Gasteiger partial charge on any atom is 0.126 e. The van der Waals surface area contributed by atoms with Gasteiger partial charge in [0, 0.05) is 22.5 Å². The Morgan fingerprint density at radius 1 is 1.21 bits per heavy atom. The predicted molar refractivity (Wildman–Crippen MR) is 80.2 cm³/mol. The Hall–Kier alpha value is -1.32. The third-order valence-electron chi connectivity index (χ3n) is 3.52. The first-order valence-electron chi connectivity index (χ1n) is 6.42. The molecule has 0 spiro atoms. The molecule has 0 radical (unpaired) electrons. The van der Waals surface area contributed by atoms with Gasteiger partial charge < -0.3 is 10.5 Å². The van der Waals surface area contributed by atoms with E-state index in [1.165, 1.54) is 11.1 Å². The number of ether oxygens (including phenoxy) is 1. The molecular weight excluding hydrogens is 302 g/mol. The summed E-state index contributed by atoms with van der Waals surface area (Å²) in [5.74, 6) is 0.897. The van der Waals surface area contributed by atoms with Crippen LogP contribution < -0.4 is 10.5 Å². The zero-order valence-electron chi connectivity index (χ0n) is 10.8. The van der Waals surface area contributed by atoms with Crippen molar-refractivity contribution in [2.45, 2.75) is 25.5 Å². The number of aryl methyl sites for hydroxylation is 1. The highest BCUT2D eigenvalue weighted by molar-refractivity contribution is 9.10. The second kappa shape index (κ2) is 4.99. The van der Waals surface area contributed by atoms with Gasteiger partial charge in [0.05, 0.1) is 0 Å². The molecule has 2 nitrogen and oxygen atoms in total. The van der Waals surface area contributed by atoms with Crippen molar-refractivity contribution in [1.82, 2.24) is 0 Å². The van der Waals surface area contributed by atoms with Crippen LogP contribution in [0.2, 0.25) is 0 Å². The van der Waals surface area contributed by atoms with E-state index in [1.807, 2.05) is 18.2 Å². The zero-order valence-corrected chi connectivity index (χ0v) is 12.4. The van der Waals surface area contributed by atoms with Crippen LogP contribution in [0.15, 0.2) is 46.9 Å². The Kier molecular flexibility index (Phi) is 3.33. The average molecular weight is 318 g/mol. The van der Waals surface area contributed by atoms with Gasteiger partial charge in [0.25, 0.3) is 0 Å². The minimum Gasteiger partial charge on any atom is -0.485 e. The molecule has 19 heavy (non-hydrogen) atoms. The zero-order chi connectivity index (χ0) is 13.4. The monoisotopic (exact) mass is 317 g/mol. The molecule has 2 atom stereocenters. The first-order valence-corrected chi connectivity index (χ1v) is 7.21. The van der Waals surface area contributed by atoms with Crippen LogP contribution in [0.5, 0.6) is 5.75 Å². The van der Waals surface area contributed by atoms with Crippen LogP contribution in [0.25, 0.3) is 0 Å². The average Bonchev–Trinajstić information content (AvgIpc) is 2.39. The van der Waals surface area contributed by atoms with Crippen molar-refractivity contribution in [3.63, 3.8) is 0 Å². The molecule has 2 aromatic rings. The third kappa shape index (κ3) is 2.53. The fourth-order valence-electron chi connectivity index (χ4n) is 2.55. The number of nitrogens with two attached hydrogens (primary N) is 1. The number of hydrogen-bond donors (Lipinski definition) is 1. The molecule has 3 heteroatoms. The Balaban J connectivity index is 1.95. The Bertz CT molecular complexity index is 611. The number of benzene rings is 2. The fraction of sp³-hybridized carbons (Fsp3) is 0.250. The van der Waals surface area contributed by atoms with Crippen molar-refractivity contribution in [2.24, 2.45) is 5.73 Å². The molecule has 0 fully saturated rings. The molecule has 3 rings (SSSR count). The van der Waals surface area contributed by atoms with Crippen LogP contribution in [-0.2, 0) is 0 Å². The van der Waals surface area contributed by atoms with Crippen molar-refractivity contribution in [1.29, 1.82) is 0 Å². The molecule has 0 saturated carbocycles. The summed E-state index contributed by atoms with van der Waals surface area (Å²) in [5, 5.41) is 0. The summed E-state index contributed by atoms with van der Waals surface area (Å²) >= 11 is 3.48. The smallest absolute Gasteiger partial charge is 0.126 e. The van der Waals surface area contributed by atoms with Gasteiger partial charge >= 0.3 is 0 Å². The van der Waals surface area contributed by atoms with Gasteiger partial charge in [-0.1, -0.05) is 45.8 Å². The summed E-state index contributed by atoms with van der Waals surface area (Å²) in [7, 11) is 0. The first-order chi connectivity index (χ1) is 9.13. The molecule has 2 aromatic carbocycles. The van der Waals surface area contributed by atoms with E-state index in [2.05, 4.69) is 47.1 Å². The van der Waals surface area contributed by atoms with E-state index in [0.717, 1.165) is 22.2 Å². The van der Waals surface area contributed by atoms with Crippen LogP contribution in [0.4, 0.5) is 0 Å². The van der Waals surface area contributed by atoms with Crippen molar-refractivity contribution >= 4 is 15.9 Å². The quantitative estimate of drug-likeness (QED) is 0.852. The van der Waals surface area contributed by atoms with Gasteiger partial charge in [0.1, 0.15) is 11.9 Å². The topological polar surface area (TPSA) is 35.2 Å². The Morgan fingerprint density at radius 2 is 2.05 bits per heavy atom. The van der Waals surface area contributed by atoms with Gasteiger partial charge in [0.2, 0.25) is 0 Å². The lowest BCUT2D eigenvalue weighted by Crippen LogP contribution is -2.24. The minimum atomic E-state index is 0.0202. The maximum absolute atomic E-state index is 6.28. The lowest BCUT2D eigenvalue weighted by Gasteiger charge is -2.30. The van der Waals surface area contributed by atoms with Crippen LogP contribution in [0.1, 0.15) is 35.3 Å². The number of fused-ring (bicyclic) bond motifs is 1. The largest absolute Gasteiger partial charge is 0.485 e. The lowest BCUT2D eigenvalue weighted by molar-refractivity contribution is 0.161. The van der Waals surface area contributed by atoms with E-state index in [-0.39, 0.29) is 12.1 Å². The second-order valence-electron chi connectivity index (χ2n) is 5.04. The number of hydrogen-bond acceptors (Lipinski definition) is 2. The van der Waals surface area contributed by atoms with E-state index in [0.29, 0.717) is 0 Å². The van der Waals surface area contributed by atoms with Crippen molar-refractivity contribution in [2.75, 3.05) is 0 Å². The van der Waals surface area contributed by atoms with Gasteiger partial charge in [-0.15, -0.1) is 0 Å². The molecule has 0 aliphatic carbocycles. The van der Waals surface area contributed by atoms with Gasteiger partial charge in [-0.2, -0.15) is 0 Å². The molecule has 2 N–H and O–H groups in total. The summed E-state index contributed by atoms with van der Waals surface area (Å²) < 4.78 is 7.14. The molecular formula is C16H16BrNO. The summed E-state index contributed by atoms with van der Waals surface area (Å²) in [6.07, 6.45) is 0.857. The lowest BCUT2D eigenvalue weighted by atomic mass is 9.93. The second-order valence-corrected chi connectivity index (χ2v) is 5.96. The van der Waals surface area contributed by atoms with Crippen molar-refractivity contribution < 1.29 is 4.74 Å². The van der Waals surface area contributed by atoms with Gasteiger partial charge in [-0.05, 0) is 30.7 Å². The number of rotatable bonds is 1. The van der Waals surface area contributed by atoms with Gasteiger partial charge in [-0.25, -0.2) is 0 Å². The molecule has 1 aliphatic heterocycles. The van der Waals surface area contributed by atoms with E-state index in [4.69, 9.17) is 10.5 Å². The van der Waals surface area contributed by atoms with Gasteiger partial charge in [0.15, 0.2) is 0 Å². The molecule has 98 valence electrons. The summed E-state index contributed by atoms with van der Waals surface area (Å²) in [6.45, 7) is 2.09. The molecule has 0 bridgehead atoms. The van der Waals surface area contributed by atoms with E-state index >= 15 is 0 Å². The Morgan fingerprint density at radius 3 is 2.84 bits per heavy atom. The Labute approximate surface area is 121 Å². The summed E-state index contributed by atoms with van der Waals surface area (Å²) in [4.78, 5) is 0. The summed E-state index contributed by atoms with van der Waals surface area (Å²) in [5.41, 5.74) is 9.81. The van der Waals surface area contributed by atoms with Crippen LogP contribution in [0, 0.1) is 6.92 Å².